The maximum Gasteiger partial charge on any atom is 0.224 e. The summed E-state index contributed by atoms with van der Waals surface area (Å²) in [5, 5.41) is 3.19. The smallest absolute Gasteiger partial charge is 0.224 e. The summed E-state index contributed by atoms with van der Waals surface area (Å²) < 4.78 is 0. The number of likely N-dealkylation sites (tertiary alicyclic amines) is 1. The molecular formula is C13H25N3O. The van der Waals surface area contributed by atoms with Crippen molar-refractivity contribution in [2.45, 2.75) is 50.6 Å². The van der Waals surface area contributed by atoms with Crippen LogP contribution in [0.15, 0.2) is 0 Å². The fourth-order valence-electron chi connectivity index (χ4n) is 2.95. The quantitative estimate of drug-likeness (QED) is 0.746. The first-order chi connectivity index (χ1) is 8.16. The van der Waals surface area contributed by atoms with Crippen LogP contribution in [-0.2, 0) is 4.79 Å². The zero-order valence-corrected chi connectivity index (χ0v) is 10.8. The third kappa shape index (κ3) is 3.42. The lowest BCUT2D eigenvalue weighted by Gasteiger charge is -2.33. The Hall–Kier alpha value is -0.610. The van der Waals surface area contributed by atoms with Gasteiger partial charge in [0.25, 0.3) is 0 Å². The van der Waals surface area contributed by atoms with Crippen molar-refractivity contribution >= 4 is 5.91 Å². The van der Waals surface area contributed by atoms with Crippen LogP contribution in [0.2, 0.25) is 0 Å². The topological polar surface area (TPSA) is 58.4 Å². The maximum atomic E-state index is 12.2. The monoisotopic (exact) mass is 239 g/mol. The average molecular weight is 239 g/mol. The summed E-state index contributed by atoms with van der Waals surface area (Å²) in [5.74, 6) is 0.259. The van der Waals surface area contributed by atoms with Crippen molar-refractivity contribution < 1.29 is 4.79 Å². The Balaban J connectivity index is 1.79. The summed E-state index contributed by atoms with van der Waals surface area (Å²) in [5.41, 5.74) is 6.04. The first-order valence-electron chi connectivity index (χ1n) is 6.91. The first-order valence-corrected chi connectivity index (χ1v) is 6.91. The van der Waals surface area contributed by atoms with E-state index in [1.807, 2.05) is 0 Å². The van der Waals surface area contributed by atoms with Crippen LogP contribution < -0.4 is 11.1 Å². The highest BCUT2D eigenvalue weighted by Crippen LogP contribution is 2.23. The third-order valence-corrected chi connectivity index (χ3v) is 4.22. The standard InChI is InChI=1S/C13H25N3O/c1-16-8-6-10(7-9-16)15-13(17)11-4-2-3-5-12(11)14/h10-12H,2-9,14H2,1H3,(H,15,17). The van der Waals surface area contributed by atoms with Gasteiger partial charge in [0.1, 0.15) is 0 Å². The van der Waals surface area contributed by atoms with Crippen molar-refractivity contribution in [3.8, 4) is 0 Å². The van der Waals surface area contributed by atoms with Gasteiger partial charge in [0, 0.05) is 12.1 Å². The minimum Gasteiger partial charge on any atom is -0.353 e. The number of nitrogens with two attached hydrogens (primary N) is 1. The summed E-state index contributed by atoms with van der Waals surface area (Å²) in [6.07, 6.45) is 6.46. The number of nitrogens with zero attached hydrogens (tertiary/aromatic N) is 1. The normalized spacial score (nSPS) is 32.4. The summed E-state index contributed by atoms with van der Waals surface area (Å²) in [6.45, 7) is 2.17. The number of carbonyl (C=O) groups excluding carboxylic acids is 1. The van der Waals surface area contributed by atoms with Crippen LogP contribution >= 0.6 is 0 Å². The lowest BCUT2D eigenvalue weighted by Crippen LogP contribution is -2.49. The predicted molar refractivity (Wildman–Crippen MR) is 68.6 cm³/mol. The molecule has 1 amide bonds. The van der Waals surface area contributed by atoms with Crippen molar-refractivity contribution in [1.82, 2.24) is 10.2 Å². The van der Waals surface area contributed by atoms with Crippen LogP contribution in [-0.4, -0.2) is 43.0 Å². The molecule has 1 aliphatic carbocycles. The van der Waals surface area contributed by atoms with E-state index >= 15 is 0 Å². The highest BCUT2D eigenvalue weighted by Gasteiger charge is 2.30. The Morgan fingerprint density at radius 3 is 2.47 bits per heavy atom. The predicted octanol–water partition coefficient (Wildman–Crippen LogP) is 0.714. The van der Waals surface area contributed by atoms with Gasteiger partial charge in [-0.1, -0.05) is 12.8 Å². The van der Waals surface area contributed by atoms with E-state index in [0.717, 1.165) is 45.2 Å². The summed E-state index contributed by atoms with van der Waals surface area (Å²) >= 11 is 0. The van der Waals surface area contributed by atoms with E-state index < -0.39 is 0 Å². The van der Waals surface area contributed by atoms with E-state index in [2.05, 4.69) is 17.3 Å². The van der Waals surface area contributed by atoms with Gasteiger partial charge in [-0.3, -0.25) is 4.79 Å². The number of hydrogen-bond donors (Lipinski definition) is 2. The van der Waals surface area contributed by atoms with E-state index in [9.17, 15) is 4.79 Å². The zero-order valence-electron chi connectivity index (χ0n) is 10.8. The average Bonchev–Trinajstić information content (AvgIpc) is 2.32. The number of carbonyl (C=O) groups is 1. The van der Waals surface area contributed by atoms with Gasteiger partial charge >= 0.3 is 0 Å². The molecule has 0 aromatic rings. The number of piperidine rings is 1. The summed E-state index contributed by atoms with van der Waals surface area (Å²) in [4.78, 5) is 14.5. The van der Waals surface area contributed by atoms with Crippen molar-refractivity contribution in [1.29, 1.82) is 0 Å². The lowest BCUT2D eigenvalue weighted by atomic mass is 9.84. The van der Waals surface area contributed by atoms with Crippen LogP contribution in [0.25, 0.3) is 0 Å². The van der Waals surface area contributed by atoms with Crippen LogP contribution in [0.5, 0.6) is 0 Å². The van der Waals surface area contributed by atoms with E-state index in [4.69, 9.17) is 5.73 Å². The largest absolute Gasteiger partial charge is 0.353 e. The molecule has 0 radical (unpaired) electrons. The van der Waals surface area contributed by atoms with E-state index in [-0.39, 0.29) is 17.9 Å². The van der Waals surface area contributed by atoms with Crippen molar-refractivity contribution in [3.63, 3.8) is 0 Å². The molecule has 3 N–H and O–H groups in total. The second kappa shape index (κ2) is 5.83. The Bertz CT molecular complexity index is 261. The van der Waals surface area contributed by atoms with Gasteiger partial charge in [0.05, 0.1) is 5.92 Å². The third-order valence-electron chi connectivity index (χ3n) is 4.22. The van der Waals surface area contributed by atoms with Crippen molar-refractivity contribution in [2.75, 3.05) is 20.1 Å². The molecular weight excluding hydrogens is 214 g/mol. The molecule has 1 saturated carbocycles. The molecule has 4 heteroatoms. The Kier molecular flexibility index (Phi) is 4.40. The molecule has 1 heterocycles. The highest BCUT2D eigenvalue weighted by molar-refractivity contribution is 5.79. The number of hydrogen-bond acceptors (Lipinski definition) is 3. The SMILES string of the molecule is CN1CCC(NC(=O)C2CCCCC2N)CC1. The minimum atomic E-state index is 0.0587. The van der Waals surface area contributed by atoms with Crippen LogP contribution in [0.1, 0.15) is 38.5 Å². The molecule has 17 heavy (non-hydrogen) atoms. The number of rotatable bonds is 2. The summed E-state index contributed by atoms with van der Waals surface area (Å²) in [7, 11) is 2.13. The molecule has 2 atom stereocenters. The molecule has 2 fully saturated rings. The lowest BCUT2D eigenvalue weighted by molar-refractivity contribution is -0.127. The molecule has 2 unspecified atom stereocenters. The second-order valence-electron chi connectivity index (χ2n) is 5.64. The summed E-state index contributed by atoms with van der Waals surface area (Å²) in [6, 6.07) is 0.447. The Morgan fingerprint density at radius 1 is 1.18 bits per heavy atom. The zero-order chi connectivity index (χ0) is 12.3. The van der Waals surface area contributed by atoms with E-state index in [0.29, 0.717) is 6.04 Å². The number of nitrogens with one attached hydrogen (secondary N) is 1. The molecule has 0 bridgehead atoms. The molecule has 98 valence electrons. The second-order valence-corrected chi connectivity index (χ2v) is 5.64. The van der Waals surface area contributed by atoms with E-state index in [1.165, 1.54) is 6.42 Å². The molecule has 0 aromatic heterocycles. The van der Waals surface area contributed by atoms with Crippen molar-refractivity contribution in [3.05, 3.63) is 0 Å². The number of amides is 1. The highest BCUT2D eigenvalue weighted by atomic mass is 16.2. The minimum absolute atomic E-state index is 0.0587. The molecule has 0 spiro atoms. The van der Waals surface area contributed by atoms with Gasteiger partial charge in [0.2, 0.25) is 5.91 Å². The van der Waals surface area contributed by atoms with Crippen LogP contribution in [0.4, 0.5) is 0 Å². The van der Waals surface area contributed by atoms with Crippen LogP contribution in [0.3, 0.4) is 0 Å². The van der Waals surface area contributed by atoms with Gasteiger partial charge in [-0.15, -0.1) is 0 Å². The van der Waals surface area contributed by atoms with Gasteiger partial charge in [-0.2, -0.15) is 0 Å². The molecule has 4 nitrogen and oxygen atoms in total. The van der Waals surface area contributed by atoms with Gasteiger partial charge < -0.3 is 16.0 Å². The molecule has 0 aromatic carbocycles. The molecule has 2 rings (SSSR count). The van der Waals surface area contributed by atoms with Gasteiger partial charge in [-0.25, -0.2) is 0 Å². The Labute approximate surface area is 104 Å². The Morgan fingerprint density at radius 2 is 1.82 bits per heavy atom. The molecule has 1 saturated heterocycles. The fourth-order valence-corrected chi connectivity index (χ4v) is 2.95. The van der Waals surface area contributed by atoms with Gasteiger partial charge in [-0.05, 0) is 45.8 Å². The molecule has 1 aliphatic heterocycles. The van der Waals surface area contributed by atoms with Gasteiger partial charge in [0.15, 0.2) is 0 Å². The van der Waals surface area contributed by atoms with Crippen molar-refractivity contribution in [2.24, 2.45) is 11.7 Å². The van der Waals surface area contributed by atoms with Crippen LogP contribution in [0, 0.1) is 5.92 Å². The fraction of sp³-hybridized carbons (Fsp3) is 0.923. The maximum absolute atomic E-state index is 12.2. The first kappa shape index (κ1) is 12.8. The van der Waals surface area contributed by atoms with E-state index in [1.54, 1.807) is 0 Å². The molecule has 2 aliphatic rings.